The molecule has 0 spiro atoms. The highest BCUT2D eigenvalue weighted by Gasteiger charge is 2.57. The van der Waals surface area contributed by atoms with E-state index in [2.05, 4.69) is 43.0 Å². The SMILES string of the molecule is Cc1ccc([C@H](C)N2CCN(C3C4CC5CC3CC(O)(C5)C4)C2=O)cc1. The van der Waals surface area contributed by atoms with Gasteiger partial charge in [-0.2, -0.15) is 0 Å². The van der Waals surface area contributed by atoms with E-state index in [1.807, 2.05) is 4.90 Å². The van der Waals surface area contributed by atoms with Gasteiger partial charge in [-0.25, -0.2) is 4.79 Å². The predicted molar refractivity (Wildman–Crippen MR) is 101 cm³/mol. The first-order chi connectivity index (χ1) is 12.4. The van der Waals surface area contributed by atoms with Crippen LogP contribution in [-0.2, 0) is 0 Å². The van der Waals surface area contributed by atoms with E-state index in [4.69, 9.17) is 0 Å². The van der Waals surface area contributed by atoms with Crippen LogP contribution in [0.2, 0.25) is 0 Å². The second-order valence-corrected chi connectivity index (χ2v) is 9.44. The number of carbonyl (C=O) groups excluding carboxylic acids is 1. The van der Waals surface area contributed by atoms with Crippen molar-refractivity contribution in [2.24, 2.45) is 17.8 Å². The fraction of sp³-hybridized carbons (Fsp3) is 0.682. The Bertz CT molecular complexity index is 699. The molecule has 0 aromatic heterocycles. The fourth-order valence-corrected chi connectivity index (χ4v) is 6.70. The van der Waals surface area contributed by atoms with Crippen LogP contribution in [0.15, 0.2) is 24.3 Å². The van der Waals surface area contributed by atoms with Gasteiger partial charge in [-0.3, -0.25) is 0 Å². The molecule has 1 aliphatic heterocycles. The van der Waals surface area contributed by atoms with Crippen LogP contribution in [0, 0.1) is 24.7 Å². The monoisotopic (exact) mass is 354 g/mol. The summed E-state index contributed by atoms with van der Waals surface area (Å²) < 4.78 is 0. The number of hydrogen-bond donors (Lipinski definition) is 1. The molecule has 4 saturated carbocycles. The van der Waals surface area contributed by atoms with Gasteiger partial charge in [0, 0.05) is 19.1 Å². The maximum absolute atomic E-state index is 13.3. The average molecular weight is 354 g/mol. The third kappa shape index (κ3) is 2.49. The molecule has 2 unspecified atom stereocenters. The van der Waals surface area contributed by atoms with Crippen LogP contribution in [0.25, 0.3) is 0 Å². The Morgan fingerprint density at radius 2 is 1.73 bits per heavy atom. The van der Waals surface area contributed by atoms with Crippen LogP contribution in [0.3, 0.4) is 0 Å². The first kappa shape index (κ1) is 16.6. The fourth-order valence-electron chi connectivity index (χ4n) is 6.70. The molecule has 4 aliphatic carbocycles. The minimum Gasteiger partial charge on any atom is -0.390 e. The summed E-state index contributed by atoms with van der Waals surface area (Å²) in [7, 11) is 0. The zero-order chi connectivity index (χ0) is 18.1. The summed E-state index contributed by atoms with van der Waals surface area (Å²) in [6.45, 7) is 5.90. The van der Waals surface area contributed by atoms with E-state index in [0.717, 1.165) is 32.4 Å². The maximum Gasteiger partial charge on any atom is 0.320 e. The lowest BCUT2D eigenvalue weighted by Gasteiger charge is -2.59. The van der Waals surface area contributed by atoms with Gasteiger partial charge in [-0.1, -0.05) is 29.8 Å². The molecule has 5 aliphatic rings. The third-order valence-corrected chi connectivity index (χ3v) is 7.65. The van der Waals surface area contributed by atoms with Gasteiger partial charge in [-0.15, -0.1) is 0 Å². The number of aryl methyl sites for hydroxylation is 1. The van der Waals surface area contributed by atoms with Crippen molar-refractivity contribution in [2.45, 2.75) is 63.6 Å². The summed E-state index contributed by atoms with van der Waals surface area (Å²) >= 11 is 0. The van der Waals surface area contributed by atoms with Gasteiger partial charge >= 0.3 is 6.03 Å². The van der Waals surface area contributed by atoms with Crippen LogP contribution < -0.4 is 0 Å². The largest absolute Gasteiger partial charge is 0.390 e. The Balaban J connectivity index is 1.34. The average Bonchev–Trinajstić information content (AvgIpc) is 2.95. The molecule has 140 valence electrons. The topological polar surface area (TPSA) is 43.8 Å². The lowest BCUT2D eigenvalue weighted by Crippen LogP contribution is -2.62. The highest BCUT2D eigenvalue weighted by atomic mass is 16.3. The Hall–Kier alpha value is -1.55. The lowest BCUT2D eigenvalue weighted by atomic mass is 9.52. The Morgan fingerprint density at radius 1 is 1.08 bits per heavy atom. The first-order valence-corrected chi connectivity index (χ1v) is 10.3. The van der Waals surface area contributed by atoms with Gasteiger partial charge in [0.2, 0.25) is 0 Å². The molecule has 3 atom stereocenters. The molecule has 1 N–H and O–H groups in total. The molecule has 5 fully saturated rings. The van der Waals surface area contributed by atoms with Gasteiger partial charge in [0.05, 0.1) is 11.6 Å². The van der Waals surface area contributed by atoms with Crippen molar-refractivity contribution in [3.05, 3.63) is 35.4 Å². The second kappa shape index (κ2) is 5.72. The molecule has 0 radical (unpaired) electrons. The molecule has 4 nitrogen and oxygen atoms in total. The predicted octanol–water partition coefficient (Wildman–Crippen LogP) is 3.73. The first-order valence-electron chi connectivity index (χ1n) is 10.3. The van der Waals surface area contributed by atoms with Crippen LogP contribution in [0.5, 0.6) is 0 Å². The molecular weight excluding hydrogens is 324 g/mol. The molecular formula is C22H30N2O2. The minimum atomic E-state index is -0.426. The summed E-state index contributed by atoms with van der Waals surface area (Å²) in [4.78, 5) is 17.5. The molecule has 1 heterocycles. The molecule has 2 amide bonds. The van der Waals surface area contributed by atoms with Crippen molar-refractivity contribution in [1.29, 1.82) is 0 Å². The Labute approximate surface area is 156 Å². The van der Waals surface area contributed by atoms with Gasteiger partial charge in [0.15, 0.2) is 0 Å². The number of hydrogen-bond acceptors (Lipinski definition) is 2. The molecule has 1 saturated heterocycles. The molecule has 1 aromatic rings. The van der Waals surface area contributed by atoms with Crippen molar-refractivity contribution < 1.29 is 9.90 Å². The zero-order valence-electron chi connectivity index (χ0n) is 15.9. The van der Waals surface area contributed by atoms with E-state index in [-0.39, 0.29) is 12.1 Å². The lowest BCUT2D eigenvalue weighted by molar-refractivity contribution is -0.152. The summed E-state index contributed by atoms with van der Waals surface area (Å²) in [6, 6.07) is 9.24. The van der Waals surface area contributed by atoms with E-state index in [1.165, 1.54) is 24.0 Å². The number of carbonyl (C=O) groups is 1. The quantitative estimate of drug-likeness (QED) is 0.899. The van der Waals surface area contributed by atoms with Crippen LogP contribution >= 0.6 is 0 Å². The highest BCUT2D eigenvalue weighted by Crippen LogP contribution is 2.57. The van der Waals surface area contributed by atoms with Crippen LogP contribution in [0.1, 0.15) is 56.2 Å². The van der Waals surface area contributed by atoms with Crippen molar-refractivity contribution in [1.82, 2.24) is 9.80 Å². The van der Waals surface area contributed by atoms with Gasteiger partial charge in [0.1, 0.15) is 0 Å². The zero-order valence-corrected chi connectivity index (χ0v) is 15.9. The Morgan fingerprint density at radius 3 is 2.35 bits per heavy atom. The standard InChI is InChI=1S/C22H30N2O2/c1-14-3-5-17(6-4-14)15(2)23-7-8-24(21(23)25)20-18-9-16-10-19(20)13-22(26,11-16)12-18/h3-6,15-16,18-20,26H,7-13H2,1-2H3/t15-,16?,18?,19?,20?,22?/m0/s1. The van der Waals surface area contributed by atoms with E-state index in [0.29, 0.717) is 23.8 Å². The molecule has 1 aromatic carbocycles. The maximum atomic E-state index is 13.3. The number of benzene rings is 1. The molecule has 4 bridgehead atoms. The summed E-state index contributed by atoms with van der Waals surface area (Å²) in [6.07, 6.45) is 5.22. The summed E-state index contributed by atoms with van der Waals surface area (Å²) in [5, 5.41) is 10.8. The minimum absolute atomic E-state index is 0.120. The van der Waals surface area contributed by atoms with E-state index >= 15 is 0 Å². The van der Waals surface area contributed by atoms with Crippen molar-refractivity contribution >= 4 is 6.03 Å². The van der Waals surface area contributed by atoms with Gasteiger partial charge in [-0.05, 0) is 69.3 Å². The number of urea groups is 1. The van der Waals surface area contributed by atoms with Crippen LogP contribution in [-0.4, -0.2) is 45.7 Å². The van der Waals surface area contributed by atoms with Crippen molar-refractivity contribution in [2.75, 3.05) is 13.1 Å². The number of rotatable bonds is 3. The summed E-state index contributed by atoms with van der Waals surface area (Å²) in [5.74, 6) is 1.70. The van der Waals surface area contributed by atoms with Crippen LogP contribution in [0.4, 0.5) is 4.79 Å². The summed E-state index contributed by atoms with van der Waals surface area (Å²) in [5.41, 5.74) is 2.04. The normalized spacial score (nSPS) is 39.7. The third-order valence-electron chi connectivity index (χ3n) is 7.65. The molecule has 26 heavy (non-hydrogen) atoms. The second-order valence-electron chi connectivity index (χ2n) is 9.44. The van der Waals surface area contributed by atoms with Gasteiger partial charge < -0.3 is 14.9 Å². The van der Waals surface area contributed by atoms with Crippen molar-refractivity contribution in [3.8, 4) is 0 Å². The van der Waals surface area contributed by atoms with E-state index in [9.17, 15) is 9.90 Å². The number of nitrogens with zero attached hydrogens (tertiary/aromatic N) is 2. The van der Waals surface area contributed by atoms with Crippen molar-refractivity contribution in [3.63, 3.8) is 0 Å². The van der Waals surface area contributed by atoms with E-state index in [1.54, 1.807) is 0 Å². The highest BCUT2D eigenvalue weighted by molar-refractivity contribution is 5.77. The number of amides is 2. The number of aliphatic hydroxyl groups is 1. The molecule has 6 rings (SSSR count). The van der Waals surface area contributed by atoms with E-state index < -0.39 is 5.60 Å². The molecule has 4 heteroatoms. The Kier molecular flexibility index (Phi) is 3.66. The smallest absolute Gasteiger partial charge is 0.320 e. The van der Waals surface area contributed by atoms with Gasteiger partial charge in [0.25, 0.3) is 0 Å².